The molecule has 8 heteroatoms. The topological polar surface area (TPSA) is 74.2 Å². The number of hydrogen-bond donors (Lipinski definition) is 1. The highest BCUT2D eigenvalue weighted by atomic mass is 19.1. The summed E-state index contributed by atoms with van der Waals surface area (Å²) in [5.74, 6) is 0.508. The van der Waals surface area contributed by atoms with Gasteiger partial charge in [-0.3, -0.25) is 14.7 Å². The van der Waals surface area contributed by atoms with Crippen molar-refractivity contribution >= 4 is 11.9 Å². The van der Waals surface area contributed by atoms with E-state index in [1.807, 2.05) is 43.4 Å². The van der Waals surface area contributed by atoms with Gasteiger partial charge >= 0.3 is 0 Å². The van der Waals surface area contributed by atoms with Gasteiger partial charge in [0, 0.05) is 44.5 Å². The number of benzene rings is 1. The number of nitrogens with zero attached hydrogens (tertiary/aromatic N) is 5. The van der Waals surface area contributed by atoms with Crippen LogP contribution in [0, 0.1) is 5.82 Å². The molecule has 172 valence electrons. The normalized spacial score (nSPS) is 16.4. The fourth-order valence-electron chi connectivity index (χ4n) is 4.14. The molecule has 1 amide bonds. The van der Waals surface area contributed by atoms with Crippen LogP contribution in [0.25, 0.3) is 11.1 Å². The van der Waals surface area contributed by atoms with Crippen LogP contribution < -0.4 is 10.2 Å². The first-order valence-corrected chi connectivity index (χ1v) is 11.2. The second-order valence-electron chi connectivity index (χ2n) is 8.54. The van der Waals surface area contributed by atoms with Crippen molar-refractivity contribution in [3.63, 3.8) is 0 Å². The average Bonchev–Trinajstić information content (AvgIpc) is 2.84. The summed E-state index contributed by atoms with van der Waals surface area (Å²) in [5, 5.41) is 2.96. The third kappa shape index (κ3) is 5.90. The number of nitrogens with one attached hydrogen (secondary N) is 1. The van der Waals surface area contributed by atoms with Crippen molar-refractivity contribution in [3.05, 3.63) is 72.1 Å². The lowest BCUT2D eigenvalue weighted by atomic mass is 9.90. The summed E-state index contributed by atoms with van der Waals surface area (Å²) in [6, 6.07) is 12.1. The number of amides is 1. The largest absolute Gasteiger partial charge is 0.349 e. The molecule has 1 fully saturated rings. The van der Waals surface area contributed by atoms with E-state index in [0.717, 1.165) is 48.4 Å². The van der Waals surface area contributed by atoms with Gasteiger partial charge in [-0.25, -0.2) is 14.4 Å². The van der Waals surface area contributed by atoms with Crippen molar-refractivity contribution in [2.75, 3.05) is 38.6 Å². The SMILES string of the molecule is CN(C)c1ncc(-c2ccc(F)cc2)c([C@H]2CCCN(CC(=O)NCc3ccccn3)C2)n1. The molecule has 0 aliphatic carbocycles. The maximum Gasteiger partial charge on any atom is 0.234 e. The first-order chi connectivity index (χ1) is 16.0. The second-order valence-corrected chi connectivity index (χ2v) is 8.54. The number of piperidine rings is 1. The van der Waals surface area contributed by atoms with Crippen LogP contribution in [0.1, 0.15) is 30.1 Å². The number of halogens is 1. The number of rotatable bonds is 7. The molecule has 7 nitrogen and oxygen atoms in total. The zero-order chi connectivity index (χ0) is 23.2. The summed E-state index contributed by atoms with van der Waals surface area (Å²) in [5.41, 5.74) is 3.58. The van der Waals surface area contributed by atoms with Gasteiger partial charge in [-0.2, -0.15) is 0 Å². The molecule has 0 radical (unpaired) electrons. The Morgan fingerprint density at radius 3 is 2.73 bits per heavy atom. The Hall–Kier alpha value is -3.39. The molecule has 2 aromatic heterocycles. The van der Waals surface area contributed by atoms with Gasteiger partial charge in [0.25, 0.3) is 0 Å². The zero-order valence-electron chi connectivity index (χ0n) is 19.0. The Labute approximate surface area is 193 Å². The summed E-state index contributed by atoms with van der Waals surface area (Å²) in [6.45, 7) is 2.35. The molecule has 3 heterocycles. The van der Waals surface area contributed by atoms with Crippen LogP contribution in [-0.2, 0) is 11.3 Å². The zero-order valence-corrected chi connectivity index (χ0v) is 19.0. The van der Waals surface area contributed by atoms with Crippen LogP contribution in [0.3, 0.4) is 0 Å². The molecule has 0 saturated carbocycles. The van der Waals surface area contributed by atoms with Gasteiger partial charge in [0.2, 0.25) is 11.9 Å². The molecule has 0 unspecified atom stereocenters. The van der Waals surface area contributed by atoms with Crippen molar-refractivity contribution in [3.8, 4) is 11.1 Å². The minimum absolute atomic E-state index is 0.0169. The van der Waals surface area contributed by atoms with Crippen molar-refractivity contribution in [1.29, 1.82) is 0 Å². The molecule has 33 heavy (non-hydrogen) atoms. The summed E-state index contributed by atoms with van der Waals surface area (Å²) >= 11 is 0. The summed E-state index contributed by atoms with van der Waals surface area (Å²) in [6.07, 6.45) is 5.50. The molecule has 1 aliphatic heterocycles. The maximum atomic E-state index is 13.5. The molecule has 1 atom stereocenters. The fourth-order valence-corrected chi connectivity index (χ4v) is 4.14. The van der Waals surface area contributed by atoms with E-state index in [9.17, 15) is 9.18 Å². The molecule has 1 N–H and O–H groups in total. The molecule has 1 aliphatic rings. The molecule has 0 bridgehead atoms. The summed E-state index contributed by atoms with van der Waals surface area (Å²) in [4.78, 5) is 30.2. The first-order valence-electron chi connectivity index (χ1n) is 11.2. The Morgan fingerprint density at radius 2 is 2.00 bits per heavy atom. The Morgan fingerprint density at radius 1 is 1.18 bits per heavy atom. The highest BCUT2D eigenvalue weighted by Gasteiger charge is 2.27. The number of anilines is 1. The van der Waals surface area contributed by atoms with E-state index in [2.05, 4.69) is 20.2 Å². The molecule has 3 aromatic rings. The molecular formula is C25H29FN6O. The number of carbonyl (C=O) groups is 1. The predicted octanol–water partition coefficient (Wildman–Crippen LogP) is 3.24. The quantitative estimate of drug-likeness (QED) is 0.598. The lowest BCUT2D eigenvalue weighted by Gasteiger charge is -2.33. The first kappa shape index (κ1) is 22.8. The van der Waals surface area contributed by atoms with Crippen LogP contribution in [0.5, 0.6) is 0 Å². The second kappa shape index (κ2) is 10.5. The summed E-state index contributed by atoms with van der Waals surface area (Å²) in [7, 11) is 3.82. The Balaban J connectivity index is 1.49. The maximum absolute atomic E-state index is 13.5. The molecular weight excluding hydrogens is 419 g/mol. The van der Waals surface area contributed by atoms with Crippen molar-refractivity contribution < 1.29 is 9.18 Å². The van der Waals surface area contributed by atoms with Crippen LogP contribution in [0.2, 0.25) is 0 Å². The number of hydrogen-bond acceptors (Lipinski definition) is 6. The minimum Gasteiger partial charge on any atom is -0.349 e. The lowest BCUT2D eigenvalue weighted by molar-refractivity contribution is -0.122. The van der Waals surface area contributed by atoms with Gasteiger partial charge in [-0.05, 0) is 49.2 Å². The molecule has 4 rings (SSSR count). The standard InChI is InChI=1S/C25H29FN6O/c1-31(2)25-29-15-22(18-8-10-20(26)11-9-18)24(30-25)19-6-5-13-32(16-19)17-23(33)28-14-21-7-3-4-12-27-21/h3-4,7-12,15,19H,5-6,13-14,16-17H2,1-2H3,(H,28,33)/t19-/m0/s1. The average molecular weight is 449 g/mol. The third-order valence-corrected chi connectivity index (χ3v) is 5.81. The van der Waals surface area contributed by atoms with E-state index in [1.165, 1.54) is 12.1 Å². The number of pyridine rings is 1. The van der Waals surface area contributed by atoms with E-state index >= 15 is 0 Å². The van der Waals surface area contributed by atoms with E-state index in [4.69, 9.17) is 4.98 Å². The van der Waals surface area contributed by atoms with Crippen LogP contribution in [0.4, 0.5) is 10.3 Å². The van der Waals surface area contributed by atoms with E-state index < -0.39 is 0 Å². The lowest BCUT2D eigenvalue weighted by Crippen LogP contribution is -2.42. The van der Waals surface area contributed by atoms with E-state index in [0.29, 0.717) is 19.0 Å². The molecule has 1 saturated heterocycles. The smallest absolute Gasteiger partial charge is 0.234 e. The minimum atomic E-state index is -0.272. The van der Waals surface area contributed by atoms with Gasteiger partial charge in [-0.15, -0.1) is 0 Å². The van der Waals surface area contributed by atoms with Crippen LogP contribution in [0.15, 0.2) is 54.9 Å². The van der Waals surface area contributed by atoms with Crippen LogP contribution >= 0.6 is 0 Å². The predicted molar refractivity (Wildman–Crippen MR) is 126 cm³/mol. The van der Waals surface area contributed by atoms with Gasteiger partial charge in [0.15, 0.2) is 0 Å². The van der Waals surface area contributed by atoms with Crippen molar-refractivity contribution in [1.82, 2.24) is 25.2 Å². The van der Waals surface area contributed by atoms with Crippen molar-refractivity contribution in [2.45, 2.75) is 25.3 Å². The highest BCUT2D eigenvalue weighted by Crippen LogP contribution is 2.34. The van der Waals surface area contributed by atoms with Gasteiger partial charge in [-0.1, -0.05) is 18.2 Å². The van der Waals surface area contributed by atoms with Gasteiger partial charge < -0.3 is 10.2 Å². The Bertz CT molecular complexity index is 1070. The Kier molecular flexibility index (Phi) is 7.24. The van der Waals surface area contributed by atoms with Gasteiger partial charge in [0.1, 0.15) is 5.82 Å². The number of aromatic nitrogens is 3. The monoisotopic (exact) mass is 448 g/mol. The summed E-state index contributed by atoms with van der Waals surface area (Å²) < 4.78 is 13.5. The third-order valence-electron chi connectivity index (χ3n) is 5.81. The van der Waals surface area contributed by atoms with Crippen LogP contribution in [-0.4, -0.2) is 59.5 Å². The number of likely N-dealkylation sites (tertiary alicyclic amines) is 1. The van der Waals surface area contributed by atoms with Crippen molar-refractivity contribution in [2.24, 2.45) is 0 Å². The molecule has 0 spiro atoms. The molecule has 1 aromatic carbocycles. The van der Waals surface area contributed by atoms with E-state index in [1.54, 1.807) is 18.3 Å². The number of carbonyl (C=O) groups excluding carboxylic acids is 1. The van der Waals surface area contributed by atoms with Gasteiger partial charge in [0.05, 0.1) is 24.5 Å². The fraction of sp³-hybridized carbons (Fsp3) is 0.360. The van der Waals surface area contributed by atoms with E-state index in [-0.39, 0.29) is 17.6 Å². The highest BCUT2D eigenvalue weighted by molar-refractivity contribution is 5.78.